The molecule has 8 rings (SSSR count). The zero-order valence-electron chi connectivity index (χ0n) is 26.7. The van der Waals surface area contributed by atoms with Crippen molar-refractivity contribution in [1.29, 1.82) is 0 Å². The number of benzene rings is 3. The minimum Gasteiger partial charge on any atom is -0.497 e. The Morgan fingerprint density at radius 3 is 2.18 bits per heavy atom. The van der Waals surface area contributed by atoms with Crippen LogP contribution in [0.4, 0.5) is 0 Å². The highest BCUT2D eigenvalue weighted by Crippen LogP contribution is 2.46. The average Bonchev–Trinajstić information content (AvgIpc) is 3.04. The second kappa shape index (κ2) is 11.8. The molecule has 0 bridgehead atoms. The molecule has 0 radical (unpaired) electrons. The fraction of sp³-hybridized carbons (Fsp3) is 0.450. The molecule has 1 saturated heterocycles. The zero-order valence-corrected chi connectivity index (χ0v) is 26.7. The van der Waals surface area contributed by atoms with Crippen LogP contribution in [0.2, 0.25) is 0 Å². The molecule has 4 atom stereocenters. The normalized spacial score (nSPS) is 27.5. The SMILES string of the molecule is CC1(C)C=CC2=C3OCC(c4ccccc4)CC3CCC2O1.CC1(C)CCc2c(ccc3c2OCC(c2ccccc2)C3)O1. The molecule has 4 heteroatoms. The van der Waals surface area contributed by atoms with Gasteiger partial charge in [-0.1, -0.05) is 78.9 Å². The molecular weight excluding hydrogens is 544 g/mol. The Labute approximate surface area is 263 Å². The zero-order chi connectivity index (χ0) is 30.3. The maximum Gasteiger partial charge on any atom is 0.129 e. The Balaban J connectivity index is 0.000000142. The van der Waals surface area contributed by atoms with Crippen LogP contribution in [0.3, 0.4) is 0 Å². The third kappa shape index (κ3) is 6.06. The van der Waals surface area contributed by atoms with Crippen LogP contribution >= 0.6 is 0 Å². The summed E-state index contributed by atoms with van der Waals surface area (Å²) in [5.41, 5.74) is 6.44. The Hall–Kier alpha value is -3.50. The van der Waals surface area contributed by atoms with Gasteiger partial charge in [0.2, 0.25) is 0 Å². The van der Waals surface area contributed by atoms with Gasteiger partial charge in [-0.05, 0) is 89.0 Å². The molecule has 1 fully saturated rings. The molecule has 0 N–H and O–H groups in total. The van der Waals surface area contributed by atoms with E-state index in [1.54, 1.807) is 0 Å². The van der Waals surface area contributed by atoms with E-state index in [2.05, 4.69) is 113 Å². The van der Waals surface area contributed by atoms with Crippen molar-refractivity contribution in [2.75, 3.05) is 13.2 Å². The van der Waals surface area contributed by atoms with Gasteiger partial charge in [0.1, 0.15) is 22.9 Å². The Morgan fingerprint density at radius 1 is 0.727 bits per heavy atom. The van der Waals surface area contributed by atoms with Gasteiger partial charge < -0.3 is 18.9 Å². The highest BCUT2D eigenvalue weighted by molar-refractivity contribution is 5.53. The predicted octanol–water partition coefficient (Wildman–Crippen LogP) is 9.10. The summed E-state index contributed by atoms with van der Waals surface area (Å²) in [6.07, 6.45) is 11.3. The first-order chi connectivity index (χ1) is 21.2. The van der Waals surface area contributed by atoms with Crippen LogP contribution in [0.1, 0.15) is 87.5 Å². The van der Waals surface area contributed by atoms with Gasteiger partial charge in [-0.15, -0.1) is 0 Å². The predicted molar refractivity (Wildman–Crippen MR) is 175 cm³/mol. The van der Waals surface area contributed by atoms with Gasteiger partial charge in [-0.25, -0.2) is 0 Å². The number of ether oxygens (including phenoxy) is 4. The fourth-order valence-corrected chi connectivity index (χ4v) is 7.58. The Morgan fingerprint density at radius 2 is 1.43 bits per heavy atom. The van der Waals surface area contributed by atoms with E-state index in [0.29, 0.717) is 17.8 Å². The standard InChI is InChI=1S/C20H24O2.C20H22O2/c2*1-20(2)11-10-17-18(22-20)9-8-15-12-16(13-21-19(15)17)14-6-4-3-5-7-14/h3-7,10-11,15-16,18H,8-9,12-13H2,1-2H3;3-9,16H,10-13H2,1-2H3. The summed E-state index contributed by atoms with van der Waals surface area (Å²) in [6.45, 7) is 10.1. The van der Waals surface area contributed by atoms with Crippen molar-refractivity contribution in [1.82, 2.24) is 0 Å². The molecule has 0 saturated carbocycles. The lowest BCUT2D eigenvalue weighted by molar-refractivity contribution is -0.0470. The van der Waals surface area contributed by atoms with Crippen LogP contribution in [-0.4, -0.2) is 30.5 Å². The van der Waals surface area contributed by atoms with Crippen LogP contribution in [-0.2, 0) is 22.3 Å². The number of fused-ring (bicyclic) bond motifs is 5. The number of allylic oxidation sites excluding steroid dienone is 1. The van der Waals surface area contributed by atoms with Gasteiger partial charge in [0.25, 0.3) is 0 Å². The van der Waals surface area contributed by atoms with E-state index in [0.717, 1.165) is 50.4 Å². The Bertz CT molecular complexity index is 1530. The number of hydrogen-bond donors (Lipinski definition) is 0. The Kier molecular flexibility index (Phi) is 7.82. The van der Waals surface area contributed by atoms with Crippen LogP contribution in [0.15, 0.2) is 96.3 Å². The molecule has 3 aromatic rings. The lowest BCUT2D eigenvalue weighted by Gasteiger charge is -2.42. The quantitative estimate of drug-likeness (QED) is 0.298. The maximum atomic E-state index is 6.23. The van der Waals surface area contributed by atoms with E-state index in [-0.39, 0.29) is 17.3 Å². The minimum absolute atomic E-state index is 0.0670. The first-order valence-corrected chi connectivity index (χ1v) is 16.5. The van der Waals surface area contributed by atoms with Crippen molar-refractivity contribution in [3.05, 3.63) is 119 Å². The molecule has 4 unspecified atom stereocenters. The van der Waals surface area contributed by atoms with E-state index < -0.39 is 0 Å². The molecule has 4 nitrogen and oxygen atoms in total. The summed E-state index contributed by atoms with van der Waals surface area (Å²) in [5, 5.41) is 0. The minimum atomic E-state index is -0.150. The van der Waals surface area contributed by atoms with E-state index >= 15 is 0 Å². The molecule has 3 aromatic carbocycles. The molecule has 5 aliphatic rings. The lowest BCUT2D eigenvalue weighted by Crippen LogP contribution is -2.38. The molecule has 1 aliphatic carbocycles. The van der Waals surface area contributed by atoms with E-state index in [9.17, 15) is 0 Å². The third-order valence-electron chi connectivity index (χ3n) is 10.00. The summed E-state index contributed by atoms with van der Waals surface area (Å²) in [7, 11) is 0. The second-order valence-electron chi connectivity index (χ2n) is 14.3. The summed E-state index contributed by atoms with van der Waals surface area (Å²) < 4.78 is 24.7. The van der Waals surface area contributed by atoms with Gasteiger partial charge >= 0.3 is 0 Å². The molecule has 4 heterocycles. The van der Waals surface area contributed by atoms with Crippen molar-refractivity contribution < 1.29 is 18.9 Å². The highest BCUT2D eigenvalue weighted by Gasteiger charge is 2.39. The number of hydrogen-bond acceptors (Lipinski definition) is 4. The topological polar surface area (TPSA) is 36.9 Å². The summed E-state index contributed by atoms with van der Waals surface area (Å²) in [4.78, 5) is 0. The molecule has 0 aromatic heterocycles. The van der Waals surface area contributed by atoms with Crippen LogP contribution in [0.5, 0.6) is 11.5 Å². The smallest absolute Gasteiger partial charge is 0.129 e. The molecule has 44 heavy (non-hydrogen) atoms. The first-order valence-electron chi connectivity index (χ1n) is 16.5. The van der Waals surface area contributed by atoms with Crippen LogP contribution in [0, 0.1) is 5.92 Å². The third-order valence-corrected chi connectivity index (χ3v) is 10.00. The van der Waals surface area contributed by atoms with Gasteiger partial charge in [0.05, 0.1) is 24.9 Å². The van der Waals surface area contributed by atoms with Crippen molar-refractivity contribution in [3.8, 4) is 11.5 Å². The number of rotatable bonds is 2. The van der Waals surface area contributed by atoms with Crippen LogP contribution < -0.4 is 9.47 Å². The second-order valence-corrected chi connectivity index (χ2v) is 14.3. The lowest BCUT2D eigenvalue weighted by atomic mass is 9.77. The molecule has 0 spiro atoms. The summed E-state index contributed by atoms with van der Waals surface area (Å²) >= 11 is 0. The van der Waals surface area contributed by atoms with E-state index in [1.807, 2.05) is 0 Å². The maximum absolute atomic E-state index is 6.23. The van der Waals surface area contributed by atoms with E-state index in [1.165, 1.54) is 46.4 Å². The van der Waals surface area contributed by atoms with Gasteiger partial charge in [-0.2, -0.15) is 0 Å². The van der Waals surface area contributed by atoms with E-state index in [4.69, 9.17) is 18.9 Å². The van der Waals surface area contributed by atoms with Crippen molar-refractivity contribution in [2.24, 2.45) is 5.92 Å². The largest absolute Gasteiger partial charge is 0.497 e. The van der Waals surface area contributed by atoms with Gasteiger partial charge in [-0.3, -0.25) is 0 Å². The fourth-order valence-electron chi connectivity index (χ4n) is 7.58. The van der Waals surface area contributed by atoms with Crippen LogP contribution in [0.25, 0.3) is 0 Å². The van der Waals surface area contributed by atoms with Crippen molar-refractivity contribution in [2.45, 2.75) is 95.4 Å². The van der Waals surface area contributed by atoms with Gasteiger partial charge in [0.15, 0.2) is 0 Å². The molecular formula is C40H46O4. The van der Waals surface area contributed by atoms with Crippen molar-refractivity contribution in [3.63, 3.8) is 0 Å². The average molecular weight is 591 g/mol. The summed E-state index contributed by atoms with van der Waals surface area (Å²) in [5.74, 6) is 4.83. The molecule has 230 valence electrons. The monoisotopic (exact) mass is 590 g/mol. The van der Waals surface area contributed by atoms with Gasteiger partial charge in [0, 0.05) is 28.9 Å². The summed E-state index contributed by atoms with van der Waals surface area (Å²) in [6, 6.07) is 25.8. The van der Waals surface area contributed by atoms with Crippen molar-refractivity contribution >= 4 is 0 Å². The first kappa shape index (κ1) is 29.2. The highest BCUT2D eigenvalue weighted by atomic mass is 16.5. The molecule has 4 aliphatic heterocycles. The molecule has 0 amide bonds.